The van der Waals surface area contributed by atoms with Crippen molar-refractivity contribution in [2.75, 3.05) is 5.32 Å². The number of hydrogen-bond acceptors (Lipinski definition) is 6. The van der Waals surface area contributed by atoms with Crippen molar-refractivity contribution in [1.82, 2.24) is 9.97 Å². The average molecular weight is 365 g/mol. The van der Waals surface area contributed by atoms with Crippen LogP contribution in [0, 0.1) is 6.92 Å². The molecule has 0 aliphatic carbocycles. The molecule has 0 atom stereocenters. The Balaban J connectivity index is 1.52. The number of carbonyl (C=O) groups excluding carboxylic acids is 1. The van der Waals surface area contributed by atoms with Crippen LogP contribution in [0.1, 0.15) is 15.6 Å². The molecule has 0 saturated heterocycles. The minimum absolute atomic E-state index is 0.273. The Morgan fingerprint density at radius 2 is 2.00 bits per heavy atom. The number of thiazole rings is 2. The molecule has 0 aliphatic heterocycles. The average Bonchev–Trinajstić information content (AvgIpc) is 3.28. The molecule has 0 unspecified atom stereocenters. The van der Waals surface area contributed by atoms with Gasteiger partial charge in [-0.3, -0.25) is 10.1 Å². The Bertz CT molecular complexity index is 1230. The van der Waals surface area contributed by atoms with Crippen molar-refractivity contribution in [3.05, 3.63) is 53.2 Å². The maximum Gasteiger partial charge on any atom is 0.293 e. The van der Waals surface area contributed by atoms with Crippen LogP contribution in [0.3, 0.4) is 0 Å². The number of aromatic nitrogens is 2. The zero-order valence-electron chi connectivity index (χ0n) is 13.1. The molecule has 1 amide bonds. The van der Waals surface area contributed by atoms with Crippen LogP contribution in [-0.4, -0.2) is 15.9 Å². The van der Waals surface area contributed by atoms with Gasteiger partial charge in [0.1, 0.15) is 11.1 Å². The fourth-order valence-electron chi connectivity index (χ4n) is 2.79. The molecule has 1 N–H and O–H groups in total. The second-order valence-electron chi connectivity index (χ2n) is 5.62. The van der Waals surface area contributed by atoms with Gasteiger partial charge in [0.25, 0.3) is 5.91 Å². The molecule has 122 valence electrons. The maximum atomic E-state index is 12.5. The van der Waals surface area contributed by atoms with Gasteiger partial charge in [0.15, 0.2) is 10.9 Å². The summed E-state index contributed by atoms with van der Waals surface area (Å²) < 4.78 is 7.72. The quantitative estimate of drug-likeness (QED) is 0.466. The number of hydrogen-bond donors (Lipinski definition) is 1. The lowest BCUT2D eigenvalue weighted by Crippen LogP contribution is -2.10. The highest BCUT2D eigenvalue weighted by atomic mass is 32.1. The summed E-state index contributed by atoms with van der Waals surface area (Å²) in [6.45, 7) is 1.99. The Kier molecular flexibility index (Phi) is 3.13. The highest BCUT2D eigenvalue weighted by molar-refractivity contribution is 7.24. The van der Waals surface area contributed by atoms with Crippen molar-refractivity contribution in [2.45, 2.75) is 6.92 Å². The first-order valence-electron chi connectivity index (χ1n) is 7.64. The van der Waals surface area contributed by atoms with Gasteiger partial charge in [-0.1, -0.05) is 29.5 Å². The highest BCUT2D eigenvalue weighted by Gasteiger charge is 2.16. The third-order valence-corrected chi connectivity index (χ3v) is 5.82. The van der Waals surface area contributed by atoms with Crippen LogP contribution in [0.4, 0.5) is 5.13 Å². The molecule has 0 bridgehead atoms. The van der Waals surface area contributed by atoms with E-state index in [1.54, 1.807) is 17.4 Å². The molecular weight excluding hydrogens is 354 g/mol. The minimum Gasteiger partial charge on any atom is -0.451 e. The number of anilines is 1. The largest absolute Gasteiger partial charge is 0.451 e. The summed E-state index contributed by atoms with van der Waals surface area (Å²) in [7, 11) is 0. The topological polar surface area (TPSA) is 68.0 Å². The second-order valence-corrected chi connectivity index (χ2v) is 7.85. The van der Waals surface area contributed by atoms with Crippen molar-refractivity contribution in [3.63, 3.8) is 0 Å². The summed E-state index contributed by atoms with van der Waals surface area (Å²) in [6.07, 6.45) is 0. The molecule has 3 aromatic heterocycles. The molecule has 3 heterocycles. The summed E-state index contributed by atoms with van der Waals surface area (Å²) >= 11 is 3.08. The van der Waals surface area contributed by atoms with Crippen LogP contribution in [0.25, 0.3) is 31.4 Å². The number of nitrogens with one attached hydrogen (secondary N) is 1. The number of furan rings is 1. The van der Waals surface area contributed by atoms with Crippen molar-refractivity contribution in [2.24, 2.45) is 0 Å². The third kappa shape index (κ3) is 2.40. The standard InChI is InChI=1S/C18H11N3O2S2/c1-9-19-15-14(24-9)7-6-11-16(15)25-18(20-11)21-17(22)13-8-10-4-2-3-5-12(10)23-13/h2-8H,1H3,(H,20,21,22). The molecule has 0 saturated carbocycles. The molecular formula is C18H11N3O2S2. The van der Waals surface area contributed by atoms with E-state index in [4.69, 9.17) is 4.42 Å². The minimum atomic E-state index is -0.305. The molecule has 2 aromatic carbocycles. The molecule has 5 aromatic rings. The van der Waals surface area contributed by atoms with Gasteiger partial charge in [0, 0.05) is 5.39 Å². The summed E-state index contributed by atoms with van der Waals surface area (Å²) in [5, 5.41) is 5.29. The van der Waals surface area contributed by atoms with Gasteiger partial charge in [0.05, 0.1) is 19.9 Å². The Morgan fingerprint density at radius 1 is 1.12 bits per heavy atom. The van der Waals surface area contributed by atoms with Gasteiger partial charge in [-0.25, -0.2) is 9.97 Å². The van der Waals surface area contributed by atoms with Crippen LogP contribution in [0.2, 0.25) is 0 Å². The zero-order valence-corrected chi connectivity index (χ0v) is 14.7. The van der Waals surface area contributed by atoms with Gasteiger partial charge >= 0.3 is 0 Å². The Hall–Kier alpha value is -2.77. The van der Waals surface area contributed by atoms with Crippen molar-refractivity contribution >= 4 is 65.1 Å². The normalized spacial score (nSPS) is 11.6. The summed E-state index contributed by atoms with van der Waals surface area (Å²) in [5.74, 6) is -0.0314. The molecule has 5 nitrogen and oxygen atoms in total. The predicted octanol–water partition coefficient (Wildman–Crippen LogP) is 5.21. The SMILES string of the molecule is Cc1nc2c(ccc3nc(NC(=O)c4cc5ccccc5o4)sc32)s1. The second kappa shape index (κ2) is 5.37. The molecule has 25 heavy (non-hydrogen) atoms. The predicted molar refractivity (Wildman–Crippen MR) is 102 cm³/mol. The van der Waals surface area contributed by atoms with E-state index in [9.17, 15) is 4.79 Å². The van der Waals surface area contributed by atoms with Gasteiger partial charge < -0.3 is 4.42 Å². The van der Waals surface area contributed by atoms with Crippen LogP contribution in [0.15, 0.2) is 46.9 Å². The first kappa shape index (κ1) is 14.6. The fourth-order valence-corrected chi connectivity index (χ4v) is 4.65. The molecule has 0 spiro atoms. The number of aryl methyl sites for hydroxylation is 1. The van der Waals surface area contributed by atoms with Crippen LogP contribution < -0.4 is 5.32 Å². The number of amides is 1. The van der Waals surface area contributed by atoms with E-state index in [2.05, 4.69) is 15.3 Å². The van der Waals surface area contributed by atoms with Crippen molar-refractivity contribution in [1.29, 1.82) is 0 Å². The maximum absolute atomic E-state index is 12.5. The molecule has 0 fully saturated rings. The lowest BCUT2D eigenvalue weighted by atomic mass is 10.2. The smallest absolute Gasteiger partial charge is 0.293 e. The molecule has 7 heteroatoms. The van der Waals surface area contributed by atoms with Gasteiger partial charge in [-0.2, -0.15) is 0 Å². The number of carbonyl (C=O) groups is 1. The lowest BCUT2D eigenvalue weighted by Gasteiger charge is -1.96. The number of para-hydroxylation sites is 1. The lowest BCUT2D eigenvalue weighted by molar-refractivity contribution is 0.0998. The Morgan fingerprint density at radius 3 is 2.88 bits per heavy atom. The van der Waals surface area contributed by atoms with Gasteiger partial charge in [-0.05, 0) is 31.2 Å². The van der Waals surface area contributed by atoms with E-state index >= 15 is 0 Å². The van der Waals surface area contributed by atoms with E-state index in [1.807, 2.05) is 43.3 Å². The summed E-state index contributed by atoms with van der Waals surface area (Å²) in [5.41, 5.74) is 2.47. The highest BCUT2D eigenvalue weighted by Crippen LogP contribution is 2.34. The van der Waals surface area contributed by atoms with Gasteiger partial charge in [0.2, 0.25) is 0 Å². The van der Waals surface area contributed by atoms with E-state index in [1.165, 1.54) is 11.3 Å². The van der Waals surface area contributed by atoms with Crippen molar-refractivity contribution < 1.29 is 9.21 Å². The number of rotatable bonds is 2. The number of benzene rings is 2. The van der Waals surface area contributed by atoms with Crippen LogP contribution in [0.5, 0.6) is 0 Å². The van der Waals surface area contributed by atoms with Gasteiger partial charge in [-0.15, -0.1) is 11.3 Å². The summed E-state index contributed by atoms with van der Waals surface area (Å²) in [6, 6.07) is 13.3. The Labute approximate surface area is 149 Å². The number of fused-ring (bicyclic) bond motifs is 4. The van der Waals surface area contributed by atoms with E-state index in [0.29, 0.717) is 10.7 Å². The summed E-state index contributed by atoms with van der Waals surface area (Å²) in [4.78, 5) is 21.6. The number of nitrogens with zero attached hydrogens (tertiary/aromatic N) is 2. The molecule has 5 rings (SSSR count). The fraction of sp³-hybridized carbons (Fsp3) is 0.0556. The van der Waals surface area contributed by atoms with Crippen LogP contribution >= 0.6 is 22.7 Å². The molecule has 0 radical (unpaired) electrons. The first-order chi connectivity index (χ1) is 12.2. The van der Waals surface area contributed by atoms with E-state index in [-0.39, 0.29) is 11.7 Å². The van der Waals surface area contributed by atoms with Crippen LogP contribution in [-0.2, 0) is 0 Å². The third-order valence-electron chi connectivity index (χ3n) is 3.89. The first-order valence-corrected chi connectivity index (χ1v) is 9.27. The van der Waals surface area contributed by atoms with Crippen molar-refractivity contribution in [3.8, 4) is 0 Å². The van der Waals surface area contributed by atoms with E-state index in [0.717, 1.165) is 30.8 Å². The zero-order chi connectivity index (χ0) is 17.0. The van der Waals surface area contributed by atoms with E-state index < -0.39 is 0 Å². The monoisotopic (exact) mass is 365 g/mol. The molecule has 0 aliphatic rings.